The van der Waals surface area contributed by atoms with Crippen LogP contribution in [0.3, 0.4) is 0 Å². The van der Waals surface area contributed by atoms with Crippen LogP contribution in [0.5, 0.6) is 0 Å². The molecule has 92 valence electrons. The first kappa shape index (κ1) is 13.6. The first-order valence-electron chi connectivity index (χ1n) is 6.11. The lowest BCUT2D eigenvalue weighted by molar-refractivity contribution is -0.118. The van der Waals surface area contributed by atoms with Crippen molar-refractivity contribution >= 4 is 23.0 Å². The van der Waals surface area contributed by atoms with Gasteiger partial charge in [0, 0.05) is 19.5 Å². The summed E-state index contributed by atoms with van der Waals surface area (Å²) in [6.07, 6.45) is 4.41. The number of Topliss-reactive ketones (excluding diaryl/α,β-unsaturated/α-hetero) is 1. The van der Waals surface area contributed by atoms with Crippen LogP contribution in [0, 0.1) is 0 Å². The minimum atomic E-state index is 0.282. The van der Waals surface area contributed by atoms with Crippen LogP contribution in [0.15, 0.2) is 0 Å². The highest BCUT2D eigenvalue weighted by Crippen LogP contribution is 2.07. The highest BCUT2D eigenvalue weighted by atomic mass is 32.1. The molecule has 0 radical (unpaired) electrons. The predicted molar refractivity (Wildman–Crippen MR) is 68.8 cm³/mol. The van der Waals surface area contributed by atoms with E-state index >= 15 is 0 Å². The number of carbonyl (C=O) groups is 1. The fraction of sp³-hybridized carbons (Fsp3) is 0.833. The fourth-order valence-electron chi connectivity index (χ4n) is 1.75. The number of unbranched alkanes of at least 4 members (excludes halogenated alkanes) is 2. The molecule has 1 aliphatic heterocycles. The van der Waals surface area contributed by atoms with Crippen LogP contribution in [0.2, 0.25) is 0 Å². The van der Waals surface area contributed by atoms with Gasteiger partial charge in [0.2, 0.25) is 0 Å². The third-order valence-electron chi connectivity index (χ3n) is 2.77. The second-order valence-electron chi connectivity index (χ2n) is 4.17. The number of morpholine rings is 1. The Kier molecular flexibility index (Phi) is 6.57. The van der Waals surface area contributed by atoms with Gasteiger partial charge in [-0.05, 0) is 6.42 Å². The Hall–Kier alpha value is -0.480. The Bertz CT molecular complexity index is 237. The van der Waals surface area contributed by atoms with Crippen molar-refractivity contribution < 1.29 is 9.53 Å². The molecule has 0 spiro atoms. The molecule has 0 N–H and O–H groups in total. The van der Waals surface area contributed by atoms with Gasteiger partial charge in [-0.3, -0.25) is 4.79 Å². The van der Waals surface area contributed by atoms with Crippen molar-refractivity contribution in [2.24, 2.45) is 0 Å². The number of hydrogen-bond donors (Lipinski definition) is 0. The number of rotatable bonds is 6. The minimum absolute atomic E-state index is 0.282. The van der Waals surface area contributed by atoms with Crippen molar-refractivity contribution in [2.45, 2.75) is 39.0 Å². The van der Waals surface area contributed by atoms with Crippen LogP contribution in [0.4, 0.5) is 0 Å². The van der Waals surface area contributed by atoms with E-state index in [4.69, 9.17) is 17.0 Å². The summed E-state index contributed by atoms with van der Waals surface area (Å²) in [5.74, 6) is 0.282. The average molecular weight is 243 g/mol. The van der Waals surface area contributed by atoms with Crippen LogP contribution in [-0.4, -0.2) is 42.0 Å². The standard InChI is InChI=1S/C12H21NO2S/c1-2-3-4-5-11(14)10-12(16)13-6-8-15-9-7-13/h2-10H2,1H3. The summed E-state index contributed by atoms with van der Waals surface area (Å²) < 4.78 is 5.25. The number of thiocarbonyl (C=S) groups is 1. The maximum Gasteiger partial charge on any atom is 0.139 e. The van der Waals surface area contributed by atoms with Crippen molar-refractivity contribution in [2.75, 3.05) is 26.3 Å². The zero-order chi connectivity index (χ0) is 11.8. The number of ether oxygens (including phenoxy) is 1. The largest absolute Gasteiger partial charge is 0.378 e. The Morgan fingerprint density at radius 2 is 2.00 bits per heavy atom. The molecule has 1 heterocycles. The van der Waals surface area contributed by atoms with Gasteiger partial charge in [-0.2, -0.15) is 0 Å². The molecule has 0 aromatic carbocycles. The Labute approximate surface area is 103 Å². The average Bonchev–Trinajstić information content (AvgIpc) is 2.30. The molecule has 4 heteroatoms. The molecule has 0 amide bonds. The van der Waals surface area contributed by atoms with Crippen LogP contribution in [-0.2, 0) is 9.53 Å². The lowest BCUT2D eigenvalue weighted by Gasteiger charge is -2.28. The molecule has 0 aliphatic carbocycles. The predicted octanol–water partition coefficient (Wildman–Crippen LogP) is 2.19. The van der Waals surface area contributed by atoms with Crippen molar-refractivity contribution in [1.29, 1.82) is 0 Å². The van der Waals surface area contributed by atoms with E-state index in [1.54, 1.807) is 0 Å². The van der Waals surface area contributed by atoms with E-state index in [-0.39, 0.29) is 5.78 Å². The summed E-state index contributed by atoms with van der Waals surface area (Å²) in [7, 11) is 0. The highest BCUT2D eigenvalue weighted by molar-refractivity contribution is 7.80. The van der Waals surface area contributed by atoms with Crippen molar-refractivity contribution in [3.8, 4) is 0 Å². The van der Waals surface area contributed by atoms with Crippen molar-refractivity contribution in [3.63, 3.8) is 0 Å². The van der Waals surface area contributed by atoms with E-state index in [9.17, 15) is 4.79 Å². The first-order valence-corrected chi connectivity index (χ1v) is 6.52. The van der Waals surface area contributed by atoms with E-state index in [1.807, 2.05) is 0 Å². The number of hydrogen-bond acceptors (Lipinski definition) is 3. The van der Waals surface area contributed by atoms with Crippen LogP contribution < -0.4 is 0 Å². The lowest BCUT2D eigenvalue weighted by Crippen LogP contribution is -2.40. The first-order chi connectivity index (χ1) is 7.74. The molecule has 16 heavy (non-hydrogen) atoms. The molecule has 3 nitrogen and oxygen atoms in total. The van der Waals surface area contributed by atoms with E-state index in [1.165, 1.54) is 0 Å². The summed E-state index contributed by atoms with van der Waals surface area (Å²) in [5.41, 5.74) is 0. The molecular formula is C12H21NO2S. The summed E-state index contributed by atoms with van der Waals surface area (Å²) in [6.45, 7) is 5.26. The lowest BCUT2D eigenvalue weighted by atomic mass is 10.1. The molecule has 1 rings (SSSR count). The molecule has 1 saturated heterocycles. The fourth-order valence-corrected chi connectivity index (χ4v) is 2.10. The molecule has 0 bridgehead atoms. The maximum atomic E-state index is 11.6. The van der Waals surface area contributed by atoms with Gasteiger partial charge in [-0.15, -0.1) is 0 Å². The molecule has 0 aromatic rings. The summed E-state index contributed by atoms with van der Waals surface area (Å²) in [5, 5.41) is 0. The highest BCUT2D eigenvalue weighted by Gasteiger charge is 2.15. The smallest absolute Gasteiger partial charge is 0.139 e. The van der Waals surface area contributed by atoms with E-state index in [2.05, 4.69) is 11.8 Å². The quantitative estimate of drug-likeness (QED) is 0.528. The third kappa shape index (κ3) is 5.03. The number of ketones is 1. The van der Waals surface area contributed by atoms with Crippen molar-refractivity contribution in [3.05, 3.63) is 0 Å². The Morgan fingerprint density at radius 3 is 2.62 bits per heavy atom. The molecule has 0 saturated carbocycles. The van der Waals surface area contributed by atoms with Crippen LogP contribution >= 0.6 is 12.2 Å². The van der Waals surface area contributed by atoms with Crippen LogP contribution in [0.25, 0.3) is 0 Å². The zero-order valence-corrected chi connectivity index (χ0v) is 10.9. The van der Waals surface area contributed by atoms with Gasteiger partial charge in [-0.1, -0.05) is 32.0 Å². The maximum absolute atomic E-state index is 11.6. The monoisotopic (exact) mass is 243 g/mol. The summed E-state index contributed by atoms with van der Waals surface area (Å²) in [4.78, 5) is 14.5. The van der Waals surface area contributed by atoms with E-state index in [0.29, 0.717) is 12.8 Å². The van der Waals surface area contributed by atoms with Gasteiger partial charge in [0.15, 0.2) is 0 Å². The van der Waals surface area contributed by atoms with Crippen LogP contribution in [0.1, 0.15) is 39.0 Å². The Balaban J connectivity index is 2.19. The minimum Gasteiger partial charge on any atom is -0.378 e. The van der Waals surface area contributed by atoms with Crippen molar-refractivity contribution in [1.82, 2.24) is 4.90 Å². The second kappa shape index (κ2) is 7.74. The third-order valence-corrected chi connectivity index (χ3v) is 3.17. The van der Waals surface area contributed by atoms with Gasteiger partial charge in [-0.25, -0.2) is 0 Å². The normalized spacial score (nSPS) is 16.2. The van der Waals surface area contributed by atoms with Gasteiger partial charge in [0.05, 0.1) is 24.6 Å². The topological polar surface area (TPSA) is 29.5 Å². The Morgan fingerprint density at radius 1 is 1.31 bits per heavy atom. The SMILES string of the molecule is CCCCCC(=O)CC(=S)N1CCOCC1. The molecule has 0 unspecified atom stereocenters. The van der Waals surface area contributed by atoms with Gasteiger partial charge in [0.1, 0.15) is 5.78 Å². The number of nitrogens with zero attached hydrogens (tertiary/aromatic N) is 1. The summed E-state index contributed by atoms with van der Waals surface area (Å²) in [6, 6.07) is 0. The van der Waals surface area contributed by atoms with E-state index in [0.717, 1.165) is 50.6 Å². The molecule has 0 atom stereocenters. The van der Waals surface area contributed by atoms with Gasteiger partial charge in [0.25, 0.3) is 0 Å². The molecule has 0 aromatic heterocycles. The zero-order valence-electron chi connectivity index (χ0n) is 10.0. The van der Waals surface area contributed by atoms with Gasteiger partial charge < -0.3 is 9.64 Å². The number of carbonyl (C=O) groups excluding carboxylic acids is 1. The molecular weight excluding hydrogens is 222 g/mol. The van der Waals surface area contributed by atoms with Gasteiger partial charge >= 0.3 is 0 Å². The van der Waals surface area contributed by atoms with E-state index < -0.39 is 0 Å². The molecule has 1 aliphatic rings. The summed E-state index contributed by atoms with van der Waals surface area (Å²) >= 11 is 5.28. The molecule has 1 fully saturated rings. The second-order valence-corrected chi connectivity index (χ2v) is 4.64.